The molecular weight excluding hydrogens is 354 g/mol. The Morgan fingerprint density at radius 1 is 1.19 bits per heavy atom. The molecule has 0 saturated heterocycles. The van der Waals surface area contributed by atoms with Crippen LogP contribution >= 0.6 is 11.6 Å². The molecule has 1 heterocycles. The number of methoxy groups -OCH3 is 1. The number of halogens is 1. The molecule has 1 aromatic heterocycles. The van der Waals surface area contributed by atoms with E-state index in [4.69, 9.17) is 16.3 Å². The lowest BCUT2D eigenvalue weighted by Crippen LogP contribution is -2.24. The number of amides is 1. The van der Waals surface area contributed by atoms with Gasteiger partial charge >= 0.3 is 0 Å². The van der Waals surface area contributed by atoms with Crippen LogP contribution in [0.15, 0.2) is 42.5 Å². The van der Waals surface area contributed by atoms with Crippen LogP contribution in [0.25, 0.3) is 0 Å². The molecule has 1 amide bonds. The fraction of sp³-hybridized carbons (Fsp3) is 0.167. The molecule has 0 aliphatic carbocycles. The van der Waals surface area contributed by atoms with Crippen LogP contribution < -0.4 is 15.4 Å². The first kappa shape index (κ1) is 17.8. The summed E-state index contributed by atoms with van der Waals surface area (Å²) in [5.74, 6) is 0.622. The summed E-state index contributed by atoms with van der Waals surface area (Å²) in [5, 5.41) is 17.0. The zero-order valence-electron chi connectivity index (χ0n) is 14.3. The average molecular weight is 372 g/mol. The SMILES string of the molecule is COc1ccc(C)cc1Nc1n[nH]nc1C(=O)NCc1ccc(Cl)cc1. The van der Waals surface area contributed by atoms with Crippen LogP contribution in [0, 0.1) is 6.92 Å². The molecule has 0 aliphatic heterocycles. The Balaban J connectivity index is 1.72. The summed E-state index contributed by atoms with van der Waals surface area (Å²) in [6, 6.07) is 12.9. The number of aromatic nitrogens is 3. The van der Waals surface area contributed by atoms with Crippen LogP contribution in [0.5, 0.6) is 5.75 Å². The Labute approximate surface area is 155 Å². The molecule has 26 heavy (non-hydrogen) atoms. The third-order valence-corrected chi connectivity index (χ3v) is 3.99. The fourth-order valence-electron chi connectivity index (χ4n) is 2.39. The van der Waals surface area contributed by atoms with Gasteiger partial charge in [-0.25, -0.2) is 0 Å². The lowest BCUT2D eigenvalue weighted by atomic mass is 10.2. The molecule has 0 atom stereocenters. The number of H-pyrrole nitrogens is 1. The average Bonchev–Trinajstić information content (AvgIpc) is 3.09. The van der Waals surface area contributed by atoms with Crippen molar-refractivity contribution in [2.45, 2.75) is 13.5 Å². The lowest BCUT2D eigenvalue weighted by Gasteiger charge is -2.11. The van der Waals surface area contributed by atoms with Gasteiger partial charge in [0.05, 0.1) is 12.8 Å². The van der Waals surface area contributed by atoms with E-state index in [-0.39, 0.29) is 11.6 Å². The number of aromatic amines is 1. The van der Waals surface area contributed by atoms with E-state index in [9.17, 15) is 4.79 Å². The van der Waals surface area contributed by atoms with Gasteiger partial charge in [-0.05, 0) is 42.3 Å². The van der Waals surface area contributed by atoms with Crippen molar-refractivity contribution >= 4 is 29.0 Å². The summed E-state index contributed by atoms with van der Waals surface area (Å²) in [6.07, 6.45) is 0. The molecule has 0 saturated carbocycles. The van der Waals surface area contributed by atoms with Crippen LogP contribution in [-0.4, -0.2) is 28.4 Å². The lowest BCUT2D eigenvalue weighted by molar-refractivity contribution is 0.0946. The van der Waals surface area contributed by atoms with Crippen molar-refractivity contribution in [1.29, 1.82) is 0 Å². The molecule has 3 N–H and O–H groups in total. The van der Waals surface area contributed by atoms with E-state index in [0.717, 1.165) is 11.1 Å². The topological polar surface area (TPSA) is 91.9 Å². The van der Waals surface area contributed by atoms with Gasteiger partial charge in [0.25, 0.3) is 5.91 Å². The second-order valence-electron chi connectivity index (χ2n) is 5.66. The third-order valence-electron chi connectivity index (χ3n) is 3.74. The Morgan fingerprint density at radius 2 is 1.96 bits per heavy atom. The Bertz CT molecular complexity index is 908. The molecule has 3 aromatic rings. The predicted octanol–water partition coefficient (Wildman–Crippen LogP) is 3.45. The summed E-state index contributed by atoms with van der Waals surface area (Å²) in [4.78, 5) is 12.4. The van der Waals surface area contributed by atoms with Crippen molar-refractivity contribution in [3.8, 4) is 5.75 Å². The Hall–Kier alpha value is -3.06. The van der Waals surface area contributed by atoms with E-state index < -0.39 is 0 Å². The number of hydrogen-bond donors (Lipinski definition) is 3. The maximum atomic E-state index is 12.4. The van der Waals surface area contributed by atoms with Gasteiger partial charge in [-0.3, -0.25) is 4.79 Å². The normalized spacial score (nSPS) is 10.4. The third kappa shape index (κ3) is 4.12. The number of benzene rings is 2. The zero-order valence-corrected chi connectivity index (χ0v) is 15.1. The van der Waals surface area contributed by atoms with Crippen LogP contribution in [0.4, 0.5) is 11.5 Å². The predicted molar refractivity (Wildman–Crippen MR) is 100 cm³/mol. The highest BCUT2D eigenvalue weighted by Crippen LogP contribution is 2.28. The molecule has 0 unspecified atom stereocenters. The number of rotatable bonds is 6. The molecule has 0 spiro atoms. The van der Waals surface area contributed by atoms with E-state index in [2.05, 4.69) is 26.0 Å². The monoisotopic (exact) mass is 371 g/mol. The number of carbonyl (C=O) groups is 1. The van der Waals surface area contributed by atoms with Crippen LogP contribution in [0.2, 0.25) is 5.02 Å². The number of nitrogens with zero attached hydrogens (tertiary/aromatic N) is 2. The standard InChI is InChI=1S/C18H18ClN5O2/c1-11-3-8-15(26-2)14(9-11)21-17-16(22-24-23-17)18(25)20-10-12-4-6-13(19)7-5-12/h3-9H,10H2,1-2H3,(H,20,25)(H2,21,22,23,24). The Morgan fingerprint density at radius 3 is 2.69 bits per heavy atom. The van der Waals surface area contributed by atoms with E-state index >= 15 is 0 Å². The minimum Gasteiger partial charge on any atom is -0.495 e. The first-order chi connectivity index (χ1) is 12.6. The van der Waals surface area contributed by atoms with Gasteiger partial charge < -0.3 is 15.4 Å². The van der Waals surface area contributed by atoms with Gasteiger partial charge in [-0.15, -0.1) is 10.2 Å². The molecule has 134 valence electrons. The zero-order chi connectivity index (χ0) is 18.5. The van der Waals surface area contributed by atoms with Gasteiger partial charge in [0, 0.05) is 11.6 Å². The van der Waals surface area contributed by atoms with Crippen LogP contribution in [-0.2, 0) is 6.54 Å². The van der Waals surface area contributed by atoms with E-state index in [1.165, 1.54) is 0 Å². The molecule has 3 rings (SSSR count). The summed E-state index contributed by atoms with van der Waals surface area (Å²) in [7, 11) is 1.58. The van der Waals surface area contributed by atoms with E-state index in [0.29, 0.717) is 28.8 Å². The minimum atomic E-state index is -0.345. The van der Waals surface area contributed by atoms with Crippen molar-refractivity contribution in [3.63, 3.8) is 0 Å². The second-order valence-corrected chi connectivity index (χ2v) is 6.10. The molecular formula is C18H18ClN5O2. The number of hydrogen-bond acceptors (Lipinski definition) is 5. The molecule has 0 bridgehead atoms. The first-order valence-electron chi connectivity index (χ1n) is 7.92. The maximum Gasteiger partial charge on any atom is 0.275 e. The quantitative estimate of drug-likeness (QED) is 0.617. The van der Waals surface area contributed by atoms with Gasteiger partial charge in [0.2, 0.25) is 0 Å². The summed E-state index contributed by atoms with van der Waals surface area (Å²) >= 11 is 5.86. The number of nitrogens with one attached hydrogen (secondary N) is 3. The smallest absolute Gasteiger partial charge is 0.275 e. The number of ether oxygens (including phenoxy) is 1. The van der Waals surface area contributed by atoms with E-state index in [1.54, 1.807) is 19.2 Å². The van der Waals surface area contributed by atoms with Crippen molar-refractivity contribution in [2.24, 2.45) is 0 Å². The summed E-state index contributed by atoms with van der Waals surface area (Å²) in [6.45, 7) is 2.32. The largest absolute Gasteiger partial charge is 0.495 e. The van der Waals surface area contributed by atoms with E-state index in [1.807, 2.05) is 37.3 Å². The Kier molecular flexibility index (Phi) is 5.38. The number of carbonyl (C=O) groups excluding carboxylic acids is 1. The second kappa shape index (κ2) is 7.88. The highest BCUT2D eigenvalue weighted by molar-refractivity contribution is 6.30. The molecule has 7 nitrogen and oxygen atoms in total. The highest BCUT2D eigenvalue weighted by Gasteiger charge is 2.17. The van der Waals surface area contributed by atoms with Gasteiger partial charge in [-0.1, -0.05) is 29.8 Å². The van der Waals surface area contributed by atoms with Crippen LogP contribution in [0.3, 0.4) is 0 Å². The summed E-state index contributed by atoms with van der Waals surface area (Å²) < 4.78 is 5.33. The highest BCUT2D eigenvalue weighted by atomic mass is 35.5. The van der Waals surface area contributed by atoms with Crippen molar-refractivity contribution in [2.75, 3.05) is 12.4 Å². The molecule has 8 heteroatoms. The van der Waals surface area contributed by atoms with Crippen molar-refractivity contribution in [1.82, 2.24) is 20.7 Å². The summed E-state index contributed by atoms with van der Waals surface area (Å²) in [5.41, 5.74) is 2.85. The number of aryl methyl sites for hydroxylation is 1. The molecule has 0 radical (unpaired) electrons. The molecule has 0 aliphatic rings. The fourth-order valence-corrected chi connectivity index (χ4v) is 2.52. The van der Waals surface area contributed by atoms with Gasteiger partial charge in [0.1, 0.15) is 5.75 Å². The van der Waals surface area contributed by atoms with Crippen LogP contribution in [0.1, 0.15) is 21.6 Å². The number of anilines is 2. The van der Waals surface area contributed by atoms with Crippen molar-refractivity contribution < 1.29 is 9.53 Å². The maximum absolute atomic E-state index is 12.4. The van der Waals surface area contributed by atoms with Crippen molar-refractivity contribution in [3.05, 3.63) is 64.3 Å². The molecule has 0 fully saturated rings. The first-order valence-corrected chi connectivity index (χ1v) is 8.29. The van der Waals surface area contributed by atoms with Gasteiger partial charge in [-0.2, -0.15) is 5.21 Å². The molecule has 2 aromatic carbocycles. The minimum absolute atomic E-state index is 0.169. The van der Waals surface area contributed by atoms with Gasteiger partial charge in [0.15, 0.2) is 11.5 Å².